The molecule has 0 saturated heterocycles. The van der Waals surface area contributed by atoms with Gasteiger partial charge in [0.25, 0.3) is 0 Å². The molecule has 0 aliphatic carbocycles. The van der Waals surface area contributed by atoms with Crippen molar-refractivity contribution in [3.05, 3.63) is 12.2 Å². The van der Waals surface area contributed by atoms with E-state index in [1.807, 2.05) is 0 Å². The van der Waals surface area contributed by atoms with E-state index in [1.165, 1.54) is 205 Å². The highest BCUT2D eigenvalue weighted by Crippen LogP contribution is 2.19. The number of hydrogen-bond donors (Lipinski definition) is 3. The van der Waals surface area contributed by atoms with Gasteiger partial charge in [0.05, 0.1) is 25.2 Å². The molecule has 6 heteroatoms. The summed E-state index contributed by atoms with van der Waals surface area (Å²) in [5, 5.41) is 23.8. The summed E-state index contributed by atoms with van der Waals surface area (Å²) in [4.78, 5) is 26.2. The number of carbonyl (C=O) groups excluding carboxylic acids is 2. The fourth-order valence-corrected chi connectivity index (χ4v) is 8.66. The monoisotopic (exact) mass is 862 g/mol. The third-order valence-electron chi connectivity index (χ3n) is 12.8. The number of amides is 1. The van der Waals surface area contributed by atoms with Crippen LogP contribution in [0.3, 0.4) is 0 Å². The first-order chi connectivity index (χ1) is 30.0. The third kappa shape index (κ3) is 45.0. The number of allylic oxidation sites excluding steroid dienone is 2. The maximum absolute atomic E-state index is 13.2. The van der Waals surface area contributed by atoms with Crippen LogP contribution in [0.5, 0.6) is 0 Å². The molecule has 0 rings (SSSR count). The number of aliphatic hydroxyl groups excluding tert-OH is 2. The normalized spacial score (nSPS) is 13.2. The van der Waals surface area contributed by atoms with Gasteiger partial charge in [0.15, 0.2) is 0 Å². The summed E-state index contributed by atoms with van der Waals surface area (Å²) < 4.78 is 5.94. The summed E-state index contributed by atoms with van der Waals surface area (Å²) in [6.45, 7) is 6.51. The molecule has 0 bridgehead atoms. The molecule has 0 heterocycles. The van der Waals surface area contributed by atoms with Crippen molar-refractivity contribution in [2.24, 2.45) is 0 Å². The van der Waals surface area contributed by atoms with Gasteiger partial charge in [-0.05, 0) is 51.4 Å². The smallest absolute Gasteiger partial charge is 0.306 e. The number of aliphatic hydroxyl groups is 2. The van der Waals surface area contributed by atoms with Gasteiger partial charge < -0.3 is 20.3 Å². The molecule has 0 radical (unpaired) electrons. The summed E-state index contributed by atoms with van der Waals surface area (Å²) >= 11 is 0. The molecule has 0 aliphatic rings. The van der Waals surface area contributed by atoms with Crippen molar-refractivity contribution in [2.75, 3.05) is 6.61 Å². The van der Waals surface area contributed by atoms with Gasteiger partial charge in [-0.2, -0.15) is 0 Å². The average molecular weight is 862 g/mol. The van der Waals surface area contributed by atoms with Crippen LogP contribution < -0.4 is 5.32 Å². The lowest BCUT2D eigenvalue weighted by molar-refractivity contribution is -0.151. The highest BCUT2D eigenvalue weighted by molar-refractivity contribution is 5.77. The first-order valence-electron chi connectivity index (χ1n) is 27.4. The second kappa shape index (κ2) is 49.6. The topological polar surface area (TPSA) is 95.9 Å². The molecule has 6 nitrogen and oxygen atoms in total. The molecule has 362 valence electrons. The van der Waals surface area contributed by atoms with Gasteiger partial charge in [0.2, 0.25) is 5.91 Å². The minimum absolute atomic E-state index is 0.0815. The number of hydrogen-bond acceptors (Lipinski definition) is 5. The van der Waals surface area contributed by atoms with Crippen LogP contribution in [0, 0.1) is 0 Å². The molecule has 1 amide bonds. The molecule has 0 aromatic heterocycles. The third-order valence-corrected chi connectivity index (χ3v) is 12.8. The lowest BCUT2D eigenvalue weighted by atomic mass is 10.0. The number of rotatable bonds is 50. The van der Waals surface area contributed by atoms with Crippen LogP contribution in [0.15, 0.2) is 12.2 Å². The lowest BCUT2D eigenvalue weighted by Crippen LogP contribution is -2.46. The number of carbonyl (C=O) groups is 2. The maximum Gasteiger partial charge on any atom is 0.306 e. The van der Waals surface area contributed by atoms with E-state index < -0.39 is 18.2 Å². The number of ether oxygens (including phenoxy) is 1. The van der Waals surface area contributed by atoms with Gasteiger partial charge >= 0.3 is 5.97 Å². The van der Waals surface area contributed by atoms with Gasteiger partial charge in [-0.1, -0.05) is 251 Å². The first kappa shape index (κ1) is 59.6. The van der Waals surface area contributed by atoms with Crippen LogP contribution in [-0.4, -0.2) is 46.9 Å². The van der Waals surface area contributed by atoms with E-state index in [0.29, 0.717) is 19.3 Å². The molecule has 0 aliphatic heterocycles. The fourth-order valence-electron chi connectivity index (χ4n) is 8.66. The van der Waals surface area contributed by atoms with Crippen LogP contribution in [0.1, 0.15) is 303 Å². The molecule has 3 atom stereocenters. The van der Waals surface area contributed by atoms with Crippen molar-refractivity contribution < 1.29 is 24.5 Å². The van der Waals surface area contributed by atoms with E-state index in [9.17, 15) is 19.8 Å². The van der Waals surface area contributed by atoms with Crippen molar-refractivity contribution in [3.8, 4) is 0 Å². The van der Waals surface area contributed by atoms with Crippen LogP contribution in [0.25, 0.3) is 0 Å². The molecular formula is C55H107NO5. The van der Waals surface area contributed by atoms with E-state index in [1.54, 1.807) is 0 Å². The molecule has 3 unspecified atom stereocenters. The van der Waals surface area contributed by atoms with Crippen LogP contribution in [0.4, 0.5) is 0 Å². The zero-order valence-electron chi connectivity index (χ0n) is 41.3. The van der Waals surface area contributed by atoms with Crippen molar-refractivity contribution in [2.45, 2.75) is 322 Å². The Bertz CT molecular complexity index is 924. The quantitative estimate of drug-likeness (QED) is 0.0322. The van der Waals surface area contributed by atoms with Crippen molar-refractivity contribution in [1.82, 2.24) is 5.32 Å². The largest absolute Gasteiger partial charge is 0.462 e. The minimum Gasteiger partial charge on any atom is -0.462 e. The highest BCUT2D eigenvalue weighted by Gasteiger charge is 2.24. The Hall–Kier alpha value is -1.40. The predicted octanol–water partition coefficient (Wildman–Crippen LogP) is 16.5. The standard InChI is InChI=1S/C55H107NO5/c1-4-7-10-13-16-19-22-24-25-26-27-28-30-33-36-39-42-45-48-55(60)61-51(46-43-40-37-34-31-21-18-15-12-9-6-3)49-54(59)56-52(50-57)53(58)47-44-41-38-35-32-29-23-20-17-14-11-8-5-2/h27-28,51-53,57-58H,4-26,29-50H2,1-3H3,(H,56,59)/b28-27+. The van der Waals surface area contributed by atoms with E-state index in [4.69, 9.17) is 4.74 Å². The van der Waals surface area contributed by atoms with Crippen molar-refractivity contribution in [3.63, 3.8) is 0 Å². The summed E-state index contributed by atoms with van der Waals surface area (Å²) in [7, 11) is 0. The molecular weight excluding hydrogens is 755 g/mol. The molecule has 0 saturated carbocycles. The molecule has 61 heavy (non-hydrogen) atoms. The Morgan fingerprint density at radius 2 is 0.787 bits per heavy atom. The van der Waals surface area contributed by atoms with E-state index in [2.05, 4.69) is 38.2 Å². The summed E-state index contributed by atoms with van der Waals surface area (Å²) in [5.74, 6) is -0.465. The van der Waals surface area contributed by atoms with E-state index in [-0.39, 0.29) is 24.9 Å². The molecule has 0 spiro atoms. The lowest BCUT2D eigenvalue weighted by Gasteiger charge is -2.24. The summed E-state index contributed by atoms with van der Waals surface area (Å²) in [5.41, 5.74) is 0. The Kier molecular flexibility index (Phi) is 48.5. The second-order valence-electron chi connectivity index (χ2n) is 19.0. The SMILES string of the molecule is CCCCCCCCCCC/C=C/CCCCCCCC(=O)OC(CCCCCCCCCCCCC)CC(=O)NC(CO)C(O)CCCCCCCCCCCCCCC. The van der Waals surface area contributed by atoms with Crippen molar-refractivity contribution >= 4 is 11.9 Å². The number of unbranched alkanes of at least 4 members (excludes halogenated alkanes) is 36. The predicted molar refractivity (Wildman–Crippen MR) is 264 cm³/mol. The van der Waals surface area contributed by atoms with Crippen LogP contribution >= 0.6 is 0 Å². The van der Waals surface area contributed by atoms with Gasteiger partial charge in [-0.3, -0.25) is 9.59 Å². The van der Waals surface area contributed by atoms with Crippen LogP contribution in [-0.2, 0) is 14.3 Å². The highest BCUT2D eigenvalue weighted by atomic mass is 16.5. The molecule has 0 fully saturated rings. The van der Waals surface area contributed by atoms with Crippen LogP contribution in [0.2, 0.25) is 0 Å². The zero-order valence-corrected chi connectivity index (χ0v) is 41.3. The average Bonchev–Trinajstić information content (AvgIpc) is 3.25. The Labute approximate surface area is 380 Å². The Balaban J connectivity index is 4.46. The summed E-state index contributed by atoms with van der Waals surface area (Å²) in [6.07, 6.45) is 55.6. The number of nitrogens with one attached hydrogen (secondary N) is 1. The zero-order chi connectivity index (χ0) is 44.5. The first-order valence-corrected chi connectivity index (χ1v) is 27.4. The van der Waals surface area contributed by atoms with Crippen molar-refractivity contribution in [1.29, 1.82) is 0 Å². The van der Waals surface area contributed by atoms with E-state index >= 15 is 0 Å². The second-order valence-corrected chi connectivity index (χ2v) is 19.0. The molecule has 0 aromatic carbocycles. The molecule has 3 N–H and O–H groups in total. The Morgan fingerprint density at radius 3 is 1.16 bits per heavy atom. The summed E-state index contributed by atoms with van der Waals surface area (Å²) in [6, 6.07) is -0.696. The minimum atomic E-state index is -0.783. The Morgan fingerprint density at radius 1 is 0.459 bits per heavy atom. The maximum atomic E-state index is 13.2. The van der Waals surface area contributed by atoms with E-state index in [0.717, 1.165) is 51.4 Å². The van der Waals surface area contributed by atoms with Gasteiger partial charge in [-0.25, -0.2) is 0 Å². The van der Waals surface area contributed by atoms with Gasteiger partial charge in [-0.15, -0.1) is 0 Å². The fraction of sp³-hybridized carbons (Fsp3) is 0.927. The number of esters is 1. The molecule has 0 aromatic rings. The van der Waals surface area contributed by atoms with Gasteiger partial charge in [0, 0.05) is 6.42 Å². The van der Waals surface area contributed by atoms with Gasteiger partial charge in [0.1, 0.15) is 6.10 Å².